The highest BCUT2D eigenvalue weighted by Gasteiger charge is 2.27. The molecule has 1 saturated heterocycles. The van der Waals surface area contributed by atoms with Crippen molar-refractivity contribution < 1.29 is 14.0 Å². The van der Waals surface area contributed by atoms with Crippen LogP contribution in [0.3, 0.4) is 0 Å². The quantitative estimate of drug-likeness (QED) is 0.822. The van der Waals surface area contributed by atoms with Gasteiger partial charge in [0.1, 0.15) is 11.6 Å². The van der Waals surface area contributed by atoms with Crippen LogP contribution >= 0.6 is 11.6 Å². The van der Waals surface area contributed by atoms with Crippen LogP contribution in [-0.2, 0) is 4.79 Å². The molecule has 7 heteroatoms. The molecule has 1 N–H and O–H groups in total. The van der Waals surface area contributed by atoms with Gasteiger partial charge in [-0.25, -0.2) is 9.37 Å². The Balaban J connectivity index is 1.64. The van der Waals surface area contributed by atoms with Crippen LogP contribution in [0.1, 0.15) is 30.1 Å². The molecule has 26 heavy (non-hydrogen) atoms. The van der Waals surface area contributed by atoms with Crippen molar-refractivity contribution in [2.75, 3.05) is 23.3 Å². The average Bonchev–Trinajstić information content (AvgIpc) is 2.63. The van der Waals surface area contributed by atoms with Crippen LogP contribution in [0.4, 0.5) is 15.9 Å². The third-order valence-electron chi connectivity index (χ3n) is 4.53. The average molecular weight is 376 g/mol. The summed E-state index contributed by atoms with van der Waals surface area (Å²) in [5, 5.41) is 3.30. The number of halogens is 2. The number of benzene rings is 1. The molecular weight excluding hydrogens is 357 g/mol. The fourth-order valence-electron chi connectivity index (χ4n) is 3.19. The molecule has 0 atom stereocenters. The van der Waals surface area contributed by atoms with E-state index in [4.69, 9.17) is 11.6 Å². The van der Waals surface area contributed by atoms with Crippen LogP contribution in [0.25, 0.3) is 0 Å². The maximum absolute atomic E-state index is 14.0. The van der Waals surface area contributed by atoms with Gasteiger partial charge in [0.05, 0.1) is 16.3 Å². The van der Waals surface area contributed by atoms with E-state index in [2.05, 4.69) is 10.3 Å². The maximum atomic E-state index is 14.0. The number of amides is 1. The summed E-state index contributed by atoms with van der Waals surface area (Å²) in [6.45, 7) is 2.52. The molecule has 0 unspecified atom stereocenters. The summed E-state index contributed by atoms with van der Waals surface area (Å²) in [4.78, 5) is 30.2. The predicted molar refractivity (Wildman–Crippen MR) is 99.2 cm³/mol. The molecule has 0 saturated carbocycles. The van der Waals surface area contributed by atoms with E-state index in [1.54, 1.807) is 24.3 Å². The molecule has 1 aliphatic rings. The lowest BCUT2D eigenvalue weighted by Gasteiger charge is -2.34. The second-order valence-electron chi connectivity index (χ2n) is 6.30. The Labute approximate surface area is 156 Å². The molecule has 1 aliphatic heterocycles. The largest absolute Gasteiger partial charge is 0.371 e. The molecule has 1 aromatic carbocycles. The molecular formula is C19H19ClFN3O2. The number of piperidine rings is 1. The van der Waals surface area contributed by atoms with Gasteiger partial charge in [-0.1, -0.05) is 17.7 Å². The van der Waals surface area contributed by atoms with E-state index in [9.17, 15) is 14.0 Å². The van der Waals surface area contributed by atoms with Gasteiger partial charge in [0.2, 0.25) is 5.91 Å². The second-order valence-corrected chi connectivity index (χ2v) is 6.74. The van der Waals surface area contributed by atoms with Gasteiger partial charge in [0.15, 0.2) is 5.78 Å². The number of ketones is 1. The summed E-state index contributed by atoms with van der Waals surface area (Å²) in [7, 11) is 0. The molecule has 2 heterocycles. The van der Waals surface area contributed by atoms with E-state index in [1.165, 1.54) is 19.2 Å². The van der Waals surface area contributed by atoms with Gasteiger partial charge in [0.25, 0.3) is 0 Å². The van der Waals surface area contributed by atoms with Crippen molar-refractivity contribution in [3.8, 4) is 0 Å². The van der Waals surface area contributed by atoms with E-state index in [-0.39, 0.29) is 23.2 Å². The Bertz CT molecular complexity index is 818. The molecule has 1 amide bonds. The van der Waals surface area contributed by atoms with Gasteiger partial charge in [-0.3, -0.25) is 9.59 Å². The number of carbonyl (C=O) groups is 2. The molecule has 3 rings (SSSR count). The van der Waals surface area contributed by atoms with E-state index >= 15 is 0 Å². The van der Waals surface area contributed by atoms with Gasteiger partial charge in [0, 0.05) is 25.2 Å². The predicted octanol–water partition coefficient (Wildman–Crippen LogP) is 3.93. The van der Waals surface area contributed by atoms with Crippen molar-refractivity contribution in [3.05, 3.63) is 52.9 Å². The summed E-state index contributed by atoms with van der Waals surface area (Å²) in [5.41, 5.74) is 0.705. The van der Waals surface area contributed by atoms with Crippen molar-refractivity contribution in [2.24, 2.45) is 5.92 Å². The van der Waals surface area contributed by atoms with Gasteiger partial charge in [-0.2, -0.15) is 0 Å². The lowest BCUT2D eigenvalue weighted by Crippen LogP contribution is -2.39. The number of rotatable bonds is 4. The second kappa shape index (κ2) is 7.83. The Morgan fingerprint density at radius 3 is 2.58 bits per heavy atom. The van der Waals surface area contributed by atoms with Crippen LogP contribution in [0.5, 0.6) is 0 Å². The van der Waals surface area contributed by atoms with Crippen LogP contribution in [0, 0.1) is 11.7 Å². The number of nitrogens with zero attached hydrogens (tertiary/aromatic N) is 2. The summed E-state index contributed by atoms with van der Waals surface area (Å²) < 4.78 is 14.0. The Hall–Kier alpha value is -2.47. The zero-order chi connectivity index (χ0) is 18.7. The summed E-state index contributed by atoms with van der Waals surface area (Å²) in [6, 6.07) is 7.96. The van der Waals surface area contributed by atoms with Crippen molar-refractivity contribution in [3.63, 3.8) is 0 Å². The molecule has 5 nitrogen and oxygen atoms in total. The standard InChI is InChI=1S/C19H19ClFN3O2/c1-12(25)18-15(21)3-2-4-16(18)24-9-7-13(8-10-24)19(26)23-17-6-5-14(20)11-22-17/h2-6,11,13H,7-10H2,1H3,(H,22,23,26). The van der Waals surface area contributed by atoms with Crippen LogP contribution in [-0.4, -0.2) is 29.8 Å². The van der Waals surface area contributed by atoms with E-state index in [0.29, 0.717) is 42.5 Å². The molecule has 1 aromatic heterocycles. The number of aromatic nitrogens is 1. The molecule has 136 valence electrons. The molecule has 2 aromatic rings. The maximum Gasteiger partial charge on any atom is 0.228 e. The number of carbonyl (C=O) groups excluding carboxylic acids is 2. The first-order chi connectivity index (χ1) is 12.5. The Kier molecular flexibility index (Phi) is 5.52. The van der Waals surface area contributed by atoms with Crippen molar-refractivity contribution in [1.82, 2.24) is 4.98 Å². The SMILES string of the molecule is CC(=O)c1c(F)cccc1N1CCC(C(=O)Nc2ccc(Cl)cn2)CC1. The zero-order valence-corrected chi connectivity index (χ0v) is 15.1. The van der Waals surface area contributed by atoms with Gasteiger partial charge >= 0.3 is 0 Å². The molecule has 1 fully saturated rings. The highest BCUT2D eigenvalue weighted by atomic mass is 35.5. The highest BCUT2D eigenvalue weighted by molar-refractivity contribution is 6.30. The fourth-order valence-corrected chi connectivity index (χ4v) is 3.30. The van der Waals surface area contributed by atoms with Crippen LogP contribution < -0.4 is 10.2 Å². The van der Waals surface area contributed by atoms with Crippen LogP contribution in [0.2, 0.25) is 5.02 Å². The topological polar surface area (TPSA) is 62.3 Å². The molecule has 0 spiro atoms. The fraction of sp³-hybridized carbons (Fsp3) is 0.316. The Morgan fingerprint density at radius 1 is 1.23 bits per heavy atom. The van der Waals surface area contributed by atoms with E-state index in [0.717, 1.165) is 0 Å². The lowest BCUT2D eigenvalue weighted by atomic mass is 9.94. The number of nitrogens with one attached hydrogen (secondary N) is 1. The first-order valence-corrected chi connectivity index (χ1v) is 8.80. The normalized spacial score (nSPS) is 15.0. The number of anilines is 2. The third kappa shape index (κ3) is 4.02. The summed E-state index contributed by atoms with van der Waals surface area (Å²) in [6.07, 6.45) is 2.72. The molecule has 0 radical (unpaired) electrons. The van der Waals surface area contributed by atoms with E-state index < -0.39 is 5.82 Å². The monoisotopic (exact) mass is 375 g/mol. The van der Waals surface area contributed by atoms with Crippen molar-refractivity contribution in [2.45, 2.75) is 19.8 Å². The minimum atomic E-state index is -0.510. The smallest absolute Gasteiger partial charge is 0.228 e. The zero-order valence-electron chi connectivity index (χ0n) is 14.3. The first kappa shape index (κ1) is 18.3. The Morgan fingerprint density at radius 2 is 1.96 bits per heavy atom. The van der Waals surface area contributed by atoms with Crippen LogP contribution in [0.15, 0.2) is 36.5 Å². The minimum absolute atomic E-state index is 0.0921. The first-order valence-electron chi connectivity index (χ1n) is 8.42. The number of pyridine rings is 1. The van der Waals surface area contributed by atoms with Crippen molar-refractivity contribution in [1.29, 1.82) is 0 Å². The number of hydrogen-bond acceptors (Lipinski definition) is 4. The molecule has 0 bridgehead atoms. The third-order valence-corrected chi connectivity index (χ3v) is 4.75. The number of Topliss-reactive ketones (excluding diaryl/α,β-unsaturated/α-hetero) is 1. The highest BCUT2D eigenvalue weighted by Crippen LogP contribution is 2.29. The van der Waals surface area contributed by atoms with E-state index in [1.807, 2.05) is 4.90 Å². The molecule has 0 aliphatic carbocycles. The minimum Gasteiger partial charge on any atom is -0.371 e. The summed E-state index contributed by atoms with van der Waals surface area (Å²) in [5.74, 6) is -0.593. The van der Waals surface area contributed by atoms with Crippen molar-refractivity contribution >= 4 is 34.8 Å². The van der Waals surface area contributed by atoms with Gasteiger partial charge < -0.3 is 10.2 Å². The lowest BCUT2D eigenvalue weighted by molar-refractivity contribution is -0.120. The number of hydrogen-bond donors (Lipinski definition) is 1. The van der Waals surface area contributed by atoms with Gasteiger partial charge in [-0.05, 0) is 44.0 Å². The van der Waals surface area contributed by atoms with Gasteiger partial charge in [-0.15, -0.1) is 0 Å². The summed E-state index contributed by atoms with van der Waals surface area (Å²) >= 11 is 5.79.